The van der Waals surface area contributed by atoms with Crippen molar-refractivity contribution < 1.29 is 0 Å². The van der Waals surface area contributed by atoms with E-state index in [0.717, 1.165) is 23.1 Å². The van der Waals surface area contributed by atoms with Crippen LogP contribution in [0.2, 0.25) is 0 Å². The minimum atomic E-state index is 0.370. The quantitative estimate of drug-likeness (QED) is 0.790. The minimum Gasteiger partial charge on any atom is -0.309 e. The summed E-state index contributed by atoms with van der Waals surface area (Å²) in [5.41, 5.74) is 4.51. The van der Waals surface area contributed by atoms with Crippen LogP contribution >= 0.6 is 23.1 Å². The van der Waals surface area contributed by atoms with E-state index in [0.29, 0.717) is 6.04 Å². The fourth-order valence-corrected chi connectivity index (χ4v) is 3.53. The maximum absolute atomic E-state index is 4.09. The molecule has 19 heavy (non-hydrogen) atoms. The zero-order chi connectivity index (χ0) is 13.5. The average Bonchev–Trinajstić information content (AvgIpc) is 2.93. The van der Waals surface area contributed by atoms with E-state index in [1.807, 2.05) is 0 Å². The Balaban J connectivity index is 2.05. The monoisotopic (exact) mass is 293 g/mol. The molecule has 1 unspecified atom stereocenters. The maximum Gasteiger partial charge on any atom is 0.174 e. The number of thioether (sulfide) groups is 1. The second-order valence-corrected chi connectivity index (χ2v) is 6.48. The Kier molecular flexibility index (Phi) is 5.82. The highest BCUT2D eigenvalue weighted by atomic mass is 32.2. The van der Waals surface area contributed by atoms with E-state index in [4.69, 9.17) is 0 Å². The normalized spacial score (nSPS) is 12.5. The Morgan fingerprint density at radius 1 is 1.37 bits per heavy atom. The first-order chi connectivity index (χ1) is 9.31. The Morgan fingerprint density at radius 3 is 2.89 bits per heavy atom. The summed E-state index contributed by atoms with van der Waals surface area (Å²) in [4.78, 5) is 0. The van der Waals surface area contributed by atoms with Crippen LogP contribution in [0.15, 0.2) is 34.1 Å². The van der Waals surface area contributed by atoms with Gasteiger partial charge in [-0.3, -0.25) is 0 Å². The van der Waals surface area contributed by atoms with Gasteiger partial charge in [0.2, 0.25) is 0 Å². The van der Waals surface area contributed by atoms with Crippen LogP contribution in [-0.2, 0) is 0 Å². The lowest BCUT2D eigenvalue weighted by Crippen LogP contribution is -2.24. The number of hydrogen-bond donors (Lipinski definition) is 1. The zero-order valence-corrected chi connectivity index (χ0v) is 12.9. The van der Waals surface area contributed by atoms with Crippen LogP contribution in [0.5, 0.6) is 0 Å². The molecule has 0 radical (unpaired) electrons. The molecule has 3 nitrogen and oxygen atoms in total. The molecule has 0 aliphatic rings. The Hall–Kier alpha value is -0.910. The van der Waals surface area contributed by atoms with Crippen LogP contribution in [0.4, 0.5) is 0 Å². The lowest BCUT2D eigenvalue weighted by molar-refractivity contribution is 0.575. The standard InChI is InChI=1S/C14H19N3S2/c1-3-8-15-13(9-18-14-17-16-10-19-14)12-7-5-4-6-11(12)2/h4-7,10,13,15H,3,8-9H2,1-2H3. The van der Waals surface area contributed by atoms with Gasteiger partial charge in [-0.15, -0.1) is 10.2 Å². The summed E-state index contributed by atoms with van der Waals surface area (Å²) in [5, 5.41) is 11.6. The highest BCUT2D eigenvalue weighted by Crippen LogP contribution is 2.27. The molecule has 102 valence electrons. The van der Waals surface area contributed by atoms with Crippen molar-refractivity contribution in [3.8, 4) is 0 Å². The predicted molar refractivity (Wildman–Crippen MR) is 82.8 cm³/mol. The van der Waals surface area contributed by atoms with Crippen LogP contribution in [0.1, 0.15) is 30.5 Å². The number of aryl methyl sites for hydroxylation is 1. The second kappa shape index (κ2) is 7.62. The van der Waals surface area contributed by atoms with Gasteiger partial charge in [0.25, 0.3) is 0 Å². The van der Waals surface area contributed by atoms with E-state index >= 15 is 0 Å². The van der Waals surface area contributed by atoms with Gasteiger partial charge in [0, 0.05) is 11.8 Å². The molecule has 1 atom stereocenters. The van der Waals surface area contributed by atoms with Gasteiger partial charge in [-0.25, -0.2) is 0 Å². The van der Waals surface area contributed by atoms with Crippen molar-refractivity contribution in [2.45, 2.75) is 30.6 Å². The first-order valence-electron chi connectivity index (χ1n) is 6.49. The largest absolute Gasteiger partial charge is 0.309 e. The van der Waals surface area contributed by atoms with Crippen molar-refractivity contribution in [2.75, 3.05) is 12.3 Å². The summed E-state index contributed by atoms with van der Waals surface area (Å²) >= 11 is 3.37. The van der Waals surface area contributed by atoms with Gasteiger partial charge in [0.15, 0.2) is 4.34 Å². The molecule has 1 aromatic carbocycles. The molecule has 0 saturated heterocycles. The van der Waals surface area contributed by atoms with Crippen molar-refractivity contribution in [1.29, 1.82) is 0 Å². The van der Waals surface area contributed by atoms with Gasteiger partial charge in [-0.2, -0.15) is 0 Å². The van der Waals surface area contributed by atoms with E-state index in [9.17, 15) is 0 Å². The molecule has 0 fully saturated rings. The predicted octanol–water partition coefficient (Wildman–Crippen LogP) is 3.68. The molecular weight excluding hydrogens is 274 g/mol. The van der Waals surface area contributed by atoms with E-state index < -0.39 is 0 Å². The van der Waals surface area contributed by atoms with Gasteiger partial charge >= 0.3 is 0 Å². The third kappa shape index (κ3) is 4.30. The Bertz CT molecular complexity index is 485. The van der Waals surface area contributed by atoms with Crippen molar-refractivity contribution in [3.05, 3.63) is 40.9 Å². The summed E-state index contributed by atoms with van der Waals surface area (Å²) in [6, 6.07) is 8.95. The molecule has 1 heterocycles. The van der Waals surface area contributed by atoms with Gasteiger partial charge in [-0.1, -0.05) is 54.3 Å². The SMILES string of the molecule is CCCNC(CSc1nncs1)c1ccccc1C. The molecule has 0 spiro atoms. The van der Waals surface area contributed by atoms with Crippen LogP contribution in [-0.4, -0.2) is 22.5 Å². The number of aromatic nitrogens is 2. The van der Waals surface area contributed by atoms with E-state index in [2.05, 4.69) is 53.6 Å². The Labute approximate surface area is 122 Å². The lowest BCUT2D eigenvalue weighted by atomic mass is 10.0. The lowest BCUT2D eigenvalue weighted by Gasteiger charge is -2.20. The molecule has 0 saturated carbocycles. The number of nitrogens with one attached hydrogen (secondary N) is 1. The number of benzene rings is 1. The maximum atomic E-state index is 4.09. The van der Waals surface area contributed by atoms with Crippen molar-refractivity contribution in [2.24, 2.45) is 0 Å². The first-order valence-corrected chi connectivity index (χ1v) is 8.35. The number of rotatable bonds is 7. The van der Waals surface area contributed by atoms with Gasteiger partial charge in [0.05, 0.1) is 0 Å². The average molecular weight is 293 g/mol. The summed E-state index contributed by atoms with van der Waals surface area (Å²) in [7, 11) is 0. The molecule has 2 rings (SSSR count). The molecule has 0 amide bonds. The zero-order valence-electron chi connectivity index (χ0n) is 11.3. The van der Waals surface area contributed by atoms with E-state index in [1.165, 1.54) is 11.1 Å². The smallest absolute Gasteiger partial charge is 0.174 e. The van der Waals surface area contributed by atoms with Gasteiger partial charge in [-0.05, 0) is 31.0 Å². The first kappa shape index (κ1) is 14.5. The molecule has 0 aliphatic heterocycles. The van der Waals surface area contributed by atoms with Crippen molar-refractivity contribution >= 4 is 23.1 Å². The van der Waals surface area contributed by atoms with Crippen LogP contribution < -0.4 is 5.32 Å². The minimum absolute atomic E-state index is 0.370. The fourth-order valence-electron chi connectivity index (χ4n) is 1.94. The van der Waals surface area contributed by atoms with E-state index in [-0.39, 0.29) is 0 Å². The second-order valence-electron chi connectivity index (χ2n) is 4.38. The molecule has 0 bridgehead atoms. The molecule has 5 heteroatoms. The molecule has 1 aromatic heterocycles. The Morgan fingerprint density at radius 2 is 2.21 bits per heavy atom. The molecule has 1 N–H and O–H groups in total. The van der Waals surface area contributed by atoms with Gasteiger partial charge in [0.1, 0.15) is 5.51 Å². The molecule has 0 aliphatic carbocycles. The van der Waals surface area contributed by atoms with Crippen LogP contribution in [0.3, 0.4) is 0 Å². The summed E-state index contributed by atoms with van der Waals surface area (Å²) in [5.74, 6) is 0.986. The third-order valence-corrected chi connectivity index (χ3v) is 4.87. The van der Waals surface area contributed by atoms with Crippen LogP contribution in [0, 0.1) is 6.92 Å². The molecule has 2 aromatic rings. The van der Waals surface area contributed by atoms with Crippen molar-refractivity contribution in [1.82, 2.24) is 15.5 Å². The van der Waals surface area contributed by atoms with Crippen molar-refractivity contribution in [3.63, 3.8) is 0 Å². The summed E-state index contributed by atoms with van der Waals surface area (Å²) in [6.07, 6.45) is 1.14. The number of hydrogen-bond acceptors (Lipinski definition) is 5. The third-order valence-electron chi connectivity index (χ3n) is 2.92. The van der Waals surface area contributed by atoms with E-state index in [1.54, 1.807) is 28.6 Å². The fraction of sp³-hybridized carbons (Fsp3) is 0.429. The van der Waals surface area contributed by atoms with Crippen LogP contribution in [0.25, 0.3) is 0 Å². The topological polar surface area (TPSA) is 37.8 Å². The molecular formula is C14H19N3S2. The van der Waals surface area contributed by atoms with Gasteiger partial charge < -0.3 is 5.32 Å². The summed E-state index contributed by atoms with van der Waals surface area (Å²) < 4.78 is 1.04. The summed E-state index contributed by atoms with van der Waals surface area (Å²) in [6.45, 7) is 5.40. The highest BCUT2D eigenvalue weighted by molar-refractivity contribution is 8.01. The highest BCUT2D eigenvalue weighted by Gasteiger charge is 2.13. The number of nitrogens with zero attached hydrogens (tertiary/aromatic N) is 2.